The van der Waals surface area contributed by atoms with Crippen LogP contribution in [0.25, 0.3) is 17.1 Å². The van der Waals surface area contributed by atoms with Crippen LogP contribution in [0, 0.1) is 33.9 Å². The zero-order valence-electron chi connectivity index (χ0n) is 25.2. The van der Waals surface area contributed by atoms with Crippen molar-refractivity contribution in [2.75, 3.05) is 13.1 Å². The number of nitriles is 2. The summed E-state index contributed by atoms with van der Waals surface area (Å²) in [6.07, 6.45) is 6.83. The Bertz CT molecular complexity index is 1860. The van der Waals surface area contributed by atoms with Gasteiger partial charge in [-0.15, -0.1) is 0 Å². The standard InChI is InChI=1S/C35H33FN6O4/c36-28-18-25(20-38)5-8-31(28)45-22-26-2-1-3-33(39-26)46-27-10-16-41(17-11-27)21-32-40-29-7-4-24(6-9-34(43)44)19-30(29)42(32)23-35(12-13-35)14-15-37/h1-9,18-19,27H,10-14,16-17,21-23H2,(H,43,44)/b9-6+. The number of aromatic nitrogens is 3. The molecular weight excluding hydrogens is 587 g/mol. The number of nitrogens with zero attached hydrogens (tertiary/aromatic N) is 6. The van der Waals surface area contributed by atoms with E-state index in [-0.39, 0.29) is 29.4 Å². The van der Waals surface area contributed by atoms with Crippen molar-refractivity contribution in [3.8, 4) is 23.8 Å². The monoisotopic (exact) mass is 620 g/mol. The van der Waals surface area contributed by atoms with Gasteiger partial charge in [0.2, 0.25) is 5.88 Å². The zero-order valence-corrected chi connectivity index (χ0v) is 25.2. The summed E-state index contributed by atoms with van der Waals surface area (Å²) in [5.41, 5.74) is 3.38. The predicted molar refractivity (Wildman–Crippen MR) is 167 cm³/mol. The number of fused-ring (bicyclic) bond motifs is 1. The Hall–Kier alpha value is -5.26. The first-order valence-corrected chi connectivity index (χ1v) is 15.3. The van der Waals surface area contributed by atoms with Crippen molar-refractivity contribution in [3.05, 3.63) is 89.1 Å². The highest BCUT2D eigenvalue weighted by atomic mass is 19.1. The first kappa shape index (κ1) is 30.8. The normalized spacial score (nSPS) is 16.2. The van der Waals surface area contributed by atoms with Gasteiger partial charge in [-0.2, -0.15) is 10.5 Å². The van der Waals surface area contributed by atoms with E-state index in [0.29, 0.717) is 31.1 Å². The lowest BCUT2D eigenvalue weighted by Gasteiger charge is -2.32. The summed E-state index contributed by atoms with van der Waals surface area (Å²) >= 11 is 0. The van der Waals surface area contributed by atoms with Gasteiger partial charge in [-0.3, -0.25) is 4.90 Å². The van der Waals surface area contributed by atoms with E-state index in [1.807, 2.05) is 30.3 Å². The van der Waals surface area contributed by atoms with E-state index in [0.717, 1.165) is 73.3 Å². The van der Waals surface area contributed by atoms with Crippen molar-refractivity contribution in [1.29, 1.82) is 10.5 Å². The number of benzene rings is 2. The fraction of sp³-hybridized carbons (Fsp3) is 0.343. The minimum atomic E-state index is -0.999. The summed E-state index contributed by atoms with van der Waals surface area (Å²) in [6.45, 7) is 3.05. The number of imidazole rings is 1. The highest BCUT2D eigenvalue weighted by molar-refractivity contribution is 5.87. The predicted octanol–water partition coefficient (Wildman–Crippen LogP) is 5.86. The molecule has 0 atom stereocenters. The molecule has 2 aromatic carbocycles. The van der Waals surface area contributed by atoms with Crippen LogP contribution in [0.3, 0.4) is 0 Å². The van der Waals surface area contributed by atoms with Crippen LogP contribution in [0.15, 0.2) is 60.7 Å². The van der Waals surface area contributed by atoms with Crippen LogP contribution in [-0.4, -0.2) is 49.7 Å². The number of carboxylic acids is 1. The SMILES string of the molecule is N#CCC1(Cn2c(CN3CCC(Oc4cccc(COc5ccc(C#N)cc5F)n4)CC3)nc3ccc(/C=C/C(=O)O)cc32)CC1. The van der Waals surface area contributed by atoms with Gasteiger partial charge in [0.05, 0.1) is 41.0 Å². The largest absolute Gasteiger partial charge is 0.484 e. The number of aliphatic carboxylic acids is 1. The second kappa shape index (κ2) is 13.4. The van der Waals surface area contributed by atoms with Gasteiger partial charge in [0, 0.05) is 43.6 Å². The molecule has 0 unspecified atom stereocenters. The molecule has 46 heavy (non-hydrogen) atoms. The molecule has 1 saturated heterocycles. The van der Waals surface area contributed by atoms with Crippen molar-refractivity contribution < 1.29 is 23.8 Å². The highest BCUT2D eigenvalue weighted by Gasteiger charge is 2.43. The van der Waals surface area contributed by atoms with Gasteiger partial charge < -0.3 is 19.1 Å². The average Bonchev–Trinajstić information content (AvgIpc) is 3.74. The first-order valence-electron chi connectivity index (χ1n) is 15.3. The van der Waals surface area contributed by atoms with E-state index < -0.39 is 11.8 Å². The number of halogens is 1. The smallest absolute Gasteiger partial charge is 0.328 e. The lowest BCUT2D eigenvalue weighted by atomic mass is 10.0. The second-order valence-corrected chi connectivity index (χ2v) is 12.0. The Morgan fingerprint density at radius 2 is 1.93 bits per heavy atom. The lowest BCUT2D eigenvalue weighted by Crippen LogP contribution is -2.38. The number of rotatable bonds is 12. The Balaban J connectivity index is 1.09. The molecule has 4 aromatic rings. The van der Waals surface area contributed by atoms with Gasteiger partial charge in [0.25, 0.3) is 0 Å². The first-order chi connectivity index (χ1) is 22.3. The average molecular weight is 621 g/mol. The third-order valence-electron chi connectivity index (χ3n) is 8.58. The third-order valence-corrected chi connectivity index (χ3v) is 8.58. The van der Waals surface area contributed by atoms with E-state index in [1.165, 1.54) is 12.1 Å². The molecule has 3 heterocycles. The van der Waals surface area contributed by atoms with Crippen LogP contribution in [-0.2, 0) is 24.5 Å². The van der Waals surface area contributed by atoms with E-state index in [4.69, 9.17) is 24.8 Å². The van der Waals surface area contributed by atoms with Crippen LogP contribution >= 0.6 is 0 Å². The third kappa shape index (κ3) is 7.33. The van der Waals surface area contributed by atoms with Gasteiger partial charge in [0.1, 0.15) is 18.5 Å². The molecule has 2 fully saturated rings. The minimum absolute atomic E-state index is 0.0105. The van der Waals surface area contributed by atoms with Gasteiger partial charge in [-0.25, -0.2) is 19.2 Å². The lowest BCUT2D eigenvalue weighted by molar-refractivity contribution is -0.131. The van der Waals surface area contributed by atoms with Crippen molar-refractivity contribution >= 4 is 23.1 Å². The van der Waals surface area contributed by atoms with E-state index in [9.17, 15) is 14.4 Å². The quantitative estimate of drug-likeness (QED) is 0.193. The van der Waals surface area contributed by atoms with E-state index in [1.54, 1.807) is 18.2 Å². The van der Waals surface area contributed by atoms with E-state index in [2.05, 4.69) is 20.5 Å². The molecule has 10 nitrogen and oxygen atoms in total. The van der Waals surface area contributed by atoms with Gasteiger partial charge >= 0.3 is 5.97 Å². The molecule has 2 aliphatic rings. The Morgan fingerprint density at radius 1 is 1.11 bits per heavy atom. The highest BCUT2D eigenvalue weighted by Crippen LogP contribution is 2.50. The molecule has 11 heteroatoms. The van der Waals surface area contributed by atoms with Crippen molar-refractivity contribution in [3.63, 3.8) is 0 Å². The molecule has 6 rings (SSSR count). The zero-order chi connectivity index (χ0) is 32.1. The van der Waals surface area contributed by atoms with Gasteiger partial charge in [-0.05, 0) is 73.7 Å². The molecule has 2 aromatic heterocycles. The van der Waals surface area contributed by atoms with Gasteiger partial charge in [0.15, 0.2) is 11.6 Å². The fourth-order valence-corrected chi connectivity index (χ4v) is 5.83. The summed E-state index contributed by atoms with van der Waals surface area (Å²) in [7, 11) is 0. The van der Waals surface area contributed by atoms with Crippen LogP contribution in [0.5, 0.6) is 11.6 Å². The molecule has 1 aliphatic carbocycles. The summed E-state index contributed by atoms with van der Waals surface area (Å²) < 4.78 is 28.2. The Kier molecular flexibility index (Phi) is 8.95. The molecule has 0 radical (unpaired) electrons. The maximum absolute atomic E-state index is 14.2. The molecule has 0 amide bonds. The van der Waals surface area contributed by atoms with Crippen molar-refractivity contribution in [2.24, 2.45) is 5.41 Å². The number of pyridine rings is 1. The topological polar surface area (TPSA) is 137 Å². The second-order valence-electron chi connectivity index (χ2n) is 12.0. The molecule has 234 valence electrons. The van der Waals surface area contributed by atoms with Crippen molar-refractivity contribution in [1.82, 2.24) is 19.4 Å². The van der Waals surface area contributed by atoms with Crippen molar-refractivity contribution in [2.45, 2.75) is 57.9 Å². The number of hydrogen-bond acceptors (Lipinski definition) is 8. The maximum Gasteiger partial charge on any atom is 0.328 e. The summed E-state index contributed by atoms with van der Waals surface area (Å²) in [5.74, 6) is -0.115. The van der Waals surface area contributed by atoms with E-state index >= 15 is 0 Å². The minimum Gasteiger partial charge on any atom is -0.484 e. The van der Waals surface area contributed by atoms with Crippen LogP contribution in [0.1, 0.15) is 54.7 Å². The number of carbonyl (C=O) groups is 1. The molecule has 1 saturated carbocycles. The van der Waals surface area contributed by atoms with Crippen LogP contribution in [0.4, 0.5) is 4.39 Å². The maximum atomic E-state index is 14.2. The molecule has 1 aliphatic heterocycles. The number of likely N-dealkylation sites (tertiary alicyclic amines) is 1. The Morgan fingerprint density at radius 3 is 2.65 bits per heavy atom. The number of hydrogen-bond donors (Lipinski definition) is 1. The molecule has 0 bridgehead atoms. The van der Waals surface area contributed by atoms with Crippen LogP contribution in [0.2, 0.25) is 0 Å². The number of carboxylic acid groups (broad SMARTS) is 1. The molecule has 0 spiro atoms. The number of ether oxygens (including phenoxy) is 2. The Labute approximate surface area is 265 Å². The number of piperidine rings is 1. The molecular formula is C35H33FN6O4. The summed E-state index contributed by atoms with van der Waals surface area (Å²) in [4.78, 5) is 22.9. The summed E-state index contributed by atoms with van der Waals surface area (Å²) in [6, 6.07) is 19.5. The summed E-state index contributed by atoms with van der Waals surface area (Å²) in [5, 5.41) is 27.4. The van der Waals surface area contributed by atoms with Crippen LogP contribution < -0.4 is 9.47 Å². The molecule has 1 N–H and O–H groups in total. The van der Waals surface area contributed by atoms with Gasteiger partial charge in [-0.1, -0.05) is 12.1 Å². The fourth-order valence-electron chi connectivity index (χ4n) is 5.83.